The molecule has 0 amide bonds. The lowest BCUT2D eigenvalue weighted by atomic mass is 9.87. The van der Waals surface area contributed by atoms with Gasteiger partial charge in [-0.2, -0.15) is 13.2 Å². The maximum absolute atomic E-state index is 14.4. The number of hydrogen-bond donors (Lipinski definition) is 2. The van der Waals surface area contributed by atoms with E-state index in [4.69, 9.17) is 11.6 Å². The molecule has 0 aliphatic rings. The number of nitrogens with one attached hydrogen (secondary N) is 1. The molecule has 2 N–H and O–H groups in total. The lowest BCUT2D eigenvalue weighted by molar-refractivity contribution is -0.209. The lowest BCUT2D eigenvalue weighted by Gasteiger charge is -2.37. The zero-order valence-corrected chi connectivity index (χ0v) is 15.2. The van der Waals surface area contributed by atoms with Gasteiger partial charge in [0.2, 0.25) is 0 Å². The quantitative estimate of drug-likeness (QED) is 0.590. The number of rotatable bonds is 5. The van der Waals surface area contributed by atoms with Crippen molar-refractivity contribution in [1.29, 1.82) is 0 Å². The van der Waals surface area contributed by atoms with Gasteiger partial charge in [-0.3, -0.25) is 0 Å². The highest BCUT2D eigenvalue weighted by molar-refractivity contribution is 7.90. The van der Waals surface area contributed by atoms with Crippen LogP contribution in [0.3, 0.4) is 0 Å². The van der Waals surface area contributed by atoms with Crippen molar-refractivity contribution in [3.63, 3.8) is 0 Å². The van der Waals surface area contributed by atoms with Crippen LogP contribution in [-0.4, -0.2) is 26.7 Å². The van der Waals surface area contributed by atoms with Crippen molar-refractivity contribution in [2.24, 2.45) is 0 Å². The van der Waals surface area contributed by atoms with Gasteiger partial charge >= 0.3 is 6.18 Å². The maximum Gasteiger partial charge on any atom is 0.414 e. The number of aliphatic hydroxyl groups is 1. The fraction of sp³-hybridized carbons (Fsp3) is 0.600. The molecule has 1 unspecified atom stereocenters. The van der Waals surface area contributed by atoms with Crippen LogP contribution >= 0.6 is 11.6 Å². The molecule has 1 aromatic rings. The van der Waals surface area contributed by atoms with Gasteiger partial charge in [-0.25, -0.2) is 4.39 Å². The molecular weight excluding hydrogens is 370 g/mol. The Bertz CT molecular complexity index is 556. The van der Waals surface area contributed by atoms with Crippen LogP contribution in [0.15, 0.2) is 18.2 Å². The minimum atomic E-state index is -4.89. The van der Waals surface area contributed by atoms with Crippen molar-refractivity contribution < 1.29 is 27.2 Å². The van der Waals surface area contributed by atoms with Crippen LogP contribution in [0.5, 0.6) is 0 Å². The zero-order chi connectivity index (χ0) is 18.9. The van der Waals surface area contributed by atoms with E-state index in [1.54, 1.807) is 20.8 Å². The third-order valence-corrected chi connectivity index (χ3v) is 5.44. The van der Waals surface area contributed by atoms with Gasteiger partial charge in [-0.05, 0) is 33.8 Å². The monoisotopic (exact) mass is 389 g/mol. The van der Waals surface area contributed by atoms with Crippen molar-refractivity contribution in [2.45, 2.75) is 56.7 Å². The van der Waals surface area contributed by atoms with E-state index in [2.05, 4.69) is 4.72 Å². The van der Waals surface area contributed by atoms with Crippen molar-refractivity contribution in [2.75, 3.05) is 0 Å². The molecular formula is C15H20ClF4NO2S. The molecule has 3 atom stereocenters. The molecule has 0 aliphatic heterocycles. The van der Waals surface area contributed by atoms with E-state index in [0.717, 1.165) is 0 Å². The molecule has 24 heavy (non-hydrogen) atoms. The average Bonchev–Trinajstić information content (AvgIpc) is 2.39. The third-order valence-electron chi connectivity index (χ3n) is 3.40. The normalized spacial score (nSPS) is 18.1. The van der Waals surface area contributed by atoms with Gasteiger partial charge in [0.1, 0.15) is 10.6 Å². The van der Waals surface area contributed by atoms with Crippen LogP contribution in [0.4, 0.5) is 17.6 Å². The Kier molecular flexibility index (Phi) is 6.60. The number of aliphatic hydroxyl groups excluding tert-OH is 1. The van der Waals surface area contributed by atoms with E-state index >= 15 is 0 Å². The Balaban J connectivity index is 3.32. The first-order valence-electron chi connectivity index (χ1n) is 7.07. The van der Waals surface area contributed by atoms with Crippen molar-refractivity contribution in [3.05, 3.63) is 34.6 Å². The molecule has 0 spiro atoms. The largest absolute Gasteiger partial charge is 0.598 e. The topological polar surface area (TPSA) is 55.3 Å². The van der Waals surface area contributed by atoms with E-state index in [1.165, 1.54) is 25.1 Å². The SMILES string of the molecule is CC(C)(C)[S+]([O-])N[C@@](C)(C[C@@H](O)C(F)(F)F)c1cccc(Cl)c1F. The van der Waals surface area contributed by atoms with Crippen LogP contribution in [0.1, 0.15) is 39.7 Å². The van der Waals surface area contributed by atoms with Crippen LogP contribution in [-0.2, 0) is 16.9 Å². The first kappa shape index (κ1) is 21.5. The van der Waals surface area contributed by atoms with Gasteiger partial charge in [0, 0.05) is 23.3 Å². The van der Waals surface area contributed by atoms with Gasteiger partial charge in [0.25, 0.3) is 0 Å². The number of halogens is 5. The Hall–Kier alpha value is -0.540. The summed E-state index contributed by atoms with van der Waals surface area (Å²) in [6, 6.07) is 3.87. The van der Waals surface area contributed by atoms with E-state index in [9.17, 15) is 27.2 Å². The highest BCUT2D eigenvalue weighted by Crippen LogP contribution is 2.36. The fourth-order valence-electron chi connectivity index (χ4n) is 2.00. The minimum absolute atomic E-state index is 0.198. The van der Waals surface area contributed by atoms with E-state index < -0.39 is 46.2 Å². The number of hydrogen-bond acceptors (Lipinski definition) is 3. The Morgan fingerprint density at radius 3 is 2.25 bits per heavy atom. The smallest absolute Gasteiger partial charge is 0.414 e. The predicted octanol–water partition coefficient (Wildman–Crippen LogP) is 4.06. The van der Waals surface area contributed by atoms with Gasteiger partial charge in [-0.15, -0.1) is 4.72 Å². The summed E-state index contributed by atoms with van der Waals surface area (Å²) in [5.41, 5.74) is -1.95. The number of benzene rings is 1. The molecule has 3 nitrogen and oxygen atoms in total. The summed E-state index contributed by atoms with van der Waals surface area (Å²) in [5, 5.41) is 9.16. The molecule has 0 aromatic heterocycles. The molecule has 0 aliphatic carbocycles. The summed E-state index contributed by atoms with van der Waals surface area (Å²) in [5.74, 6) is -0.922. The Labute approximate surface area is 146 Å². The predicted molar refractivity (Wildman–Crippen MR) is 86.5 cm³/mol. The van der Waals surface area contributed by atoms with Crippen molar-refractivity contribution >= 4 is 23.0 Å². The van der Waals surface area contributed by atoms with Crippen molar-refractivity contribution in [3.8, 4) is 0 Å². The van der Waals surface area contributed by atoms with Gasteiger partial charge in [0.15, 0.2) is 6.10 Å². The standard InChI is InChI=1S/C15H20ClF4NO2S/c1-13(2,3)24(23)21-14(4,8-11(22)15(18,19)20)9-6-5-7-10(16)12(9)17/h5-7,11,21-22H,8H2,1-4H3/t11-,14+,24?/m1/s1. The molecule has 0 saturated carbocycles. The second kappa shape index (κ2) is 7.37. The Morgan fingerprint density at radius 1 is 1.25 bits per heavy atom. The van der Waals surface area contributed by atoms with E-state index in [-0.39, 0.29) is 10.6 Å². The second-order valence-electron chi connectivity index (χ2n) is 6.68. The third kappa shape index (κ3) is 5.23. The first-order chi connectivity index (χ1) is 10.7. The summed E-state index contributed by atoms with van der Waals surface area (Å²) < 4.78 is 66.8. The summed E-state index contributed by atoms with van der Waals surface area (Å²) in [4.78, 5) is 0. The highest BCUT2D eigenvalue weighted by Gasteiger charge is 2.47. The average molecular weight is 390 g/mol. The molecule has 9 heteroatoms. The van der Waals surface area contributed by atoms with Crippen LogP contribution in [0.25, 0.3) is 0 Å². The summed E-state index contributed by atoms with van der Waals surface area (Å²) in [6.45, 7) is 6.10. The summed E-state index contributed by atoms with van der Waals surface area (Å²) in [7, 11) is 0. The fourth-order valence-corrected chi connectivity index (χ4v) is 3.08. The van der Waals surface area contributed by atoms with Gasteiger partial charge in [0.05, 0.1) is 10.6 Å². The molecule has 138 valence electrons. The first-order valence-corrected chi connectivity index (χ1v) is 8.60. The lowest BCUT2D eigenvalue weighted by Crippen LogP contribution is -2.52. The van der Waals surface area contributed by atoms with Gasteiger partial charge < -0.3 is 9.66 Å². The van der Waals surface area contributed by atoms with Gasteiger partial charge in [-0.1, -0.05) is 23.7 Å². The Morgan fingerprint density at radius 2 is 1.79 bits per heavy atom. The molecule has 0 radical (unpaired) electrons. The van der Waals surface area contributed by atoms with Crippen LogP contribution < -0.4 is 4.72 Å². The highest BCUT2D eigenvalue weighted by atomic mass is 35.5. The second-order valence-corrected chi connectivity index (χ2v) is 9.05. The van der Waals surface area contributed by atoms with Crippen LogP contribution in [0.2, 0.25) is 5.02 Å². The van der Waals surface area contributed by atoms with Crippen LogP contribution in [0, 0.1) is 5.82 Å². The molecule has 0 bridgehead atoms. The zero-order valence-electron chi connectivity index (χ0n) is 13.7. The molecule has 0 fully saturated rings. The molecule has 0 heterocycles. The summed E-state index contributed by atoms with van der Waals surface area (Å²) in [6.07, 6.45) is -8.53. The number of alkyl halides is 3. The minimum Gasteiger partial charge on any atom is -0.598 e. The summed E-state index contributed by atoms with van der Waals surface area (Å²) >= 11 is 3.91. The molecule has 1 aromatic carbocycles. The maximum atomic E-state index is 14.4. The van der Waals surface area contributed by atoms with E-state index in [0.29, 0.717) is 0 Å². The van der Waals surface area contributed by atoms with Crippen molar-refractivity contribution in [1.82, 2.24) is 4.72 Å². The molecule has 0 saturated heterocycles. The molecule has 1 rings (SSSR count). The van der Waals surface area contributed by atoms with E-state index in [1.807, 2.05) is 0 Å².